The molecule has 1 heterocycles. The minimum atomic E-state index is -0.870. The maximum Gasteiger partial charge on any atom is 0.259 e. The smallest absolute Gasteiger partial charge is 0.259 e. The van der Waals surface area contributed by atoms with Gasteiger partial charge in [-0.15, -0.1) is 0 Å². The highest BCUT2D eigenvalue weighted by molar-refractivity contribution is 5.95. The van der Waals surface area contributed by atoms with Crippen LogP contribution >= 0.6 is 0 Å². The number of hydrogen-bond acceptors (Lipinski definition) is 3. The predicted octanol–water partition coefficient (Wildman–Crippen LogP) is 3.78. The largest absolute Gasteiger partial charge is 0.350 e. The molecule has 2 amide bonds. The van der Waals surface area contributed by atoms with E-state index in [0.717, 1.165) is 23.3 Å². The Labute approximate surface area is 191 Å². The van der Waals surface area contributed by atoms with Gasteiger partial charge in [-0.25, -0.2) is 8.78 Å². The first-order valence-corrected chi connectivity index (χ1v) is 10.9. The Hall–Kier alpha value is -3.58. The maximum absolute atomic E-state index is 14.1. The van der Waals surface area contributed by atoms with Crippen molar-refractivity contribution in [2.75, 3.05) is 26.2 Å². The van der Waals surface area contributed by atoms with E-state index in [1.54, 1.807) is 0 Å². The van der Waals surface area contributed by atoms with Gasteiger partial charge >= 0.3 is 0 Å². The number of nitrogens with zero attached hydrogens (tertiary/aromatic N) is 2. The predicted molar refractivity (Wildman–Crippen MR) is 121 cm³/mol. The zero-order valence-corrected chi connectivity index (χ0v) is 18.1. The Balaban J connectivity index is 1.46. The lowest BCUT2D eigenvalue weighted by molar-refractivity contribution is -0.127. The molecule has 1 saturated heterocycles. The van der Waals surface area contributed by atoms with Gasteiger partial charge in [0.1, 0.15) is 23.2 Å². The first-order valence-electron chi connectivity index (χ1n) is 10.9. The highest BCUT2D eigenvalue weighted by Gasteiger charge is 2.33. The van der Waals surface area contributed by atoms with E-state index >= 15 is 0 Å². The minimum Gasteiger partial charge on any atom is -0.350 e. The molecule has 170 valence electrons. The van der Waals surface area contributed by atoms with Gasteiger partial charge in [0.2, 0.25) is 5.91 Å². The molecule has 0 aromatic heterocycles. The minimum absolute atomic E-state index is 0.134. The van der Waals surface area contributed by atoms with Gasteiger partial charge in [0.15, 0.2) is 0 Å². The third kappa shape index (κ3) is 5.26. The van der Waals surface area contributed by atoms with Gasteiger partial charge in [-0.05, 0) is 23.3 Å². The topological polar surface area (TPSA) is 52.7 Å². The third-order valence-electron chi connectivity index (χ3n) is 5.82. The van der Waals surface area contributed by atoms with Crippen LogP contribution in [0.2, 0.25) is 0 Å². The van der Waals surface area contributed by atoms with Gasteiger partial charge < -0.3 is 10.2 Å². The number of piperazine rings is 1. The number of rotatable bonds is 6. The quantitative estimate of drug-likeness (QED) is 0.623. The Morgan fingerprint density at radius 2 is 1.36 bits per heavy atom. The molecule has 0 aliphatic carbocycles. The van der Waals surface area contributed by atoms with E-state index in [0.29, 0.717) is 19.6 Å². The first kappa shape index (κ1) is 22.6. The summed E-state index contributed by atoms with van der Waals surface area (Å²) in [5.74, 6) is -2.55. The molecule has 0 unspecified atom stereocenters. The lowest BCUT2D eigenvalue weighted by Gasteiger charge is -2.38. The van der Waals surface area contributed by atoms with Gasteiger partial charge in [0.25, 0.3) is 5.91 Å². The molecule has 1 aliphatic rings. The fourth-order valence-electron chi connectivity index (χ4n) is 4.09. The molecule has 1 atom stereocenters. The maximum atomic E-state index is 14.1. The second kappa shape index (κ2) is 10.4. The average molecular weight is 450 g/mol. The van der Waals surface area contributed by atoms with Crippen LogP contribution in [-0.2, 0) is 11.3 Å². The molecule has 0 radical (unpaired) electrons. The SMILES string of the molecule is O=C(NCc1ccccc1)[C@H](c1ccccc1)N1CCN(C(=O)c2c(F)cccc2F)CC1. The Bertz CT molecular complexity index is 1080. The molecule has 5 nitrogen and oxygen atoms in total. The highest BCUT2D eigenvalue weighted by atomic mass is 19.1. The van der Waals surface area contributed by atoms with Crippen molar-refractivity contribution in [3.8, 4) is 0 Å². The molecule has 7 heteroatoms. The molecule has 1 N–H and O–H groups in total. The van der Waals surface area contributed by atoms with Crippen molar-refractivity contribution in [3.63, 3.8) is 0 Å². The van der Waals surface area contributed by atoms with Crippen LogP contribution in [0.25, 0.3) is 0 Å². The Morgan fingerprint density at radius 1 is 0.788 bits per heavy atom. The molecule has 1 fully saturated rings. The molecule has 0 bridgehead atoms. The van der Waals surface area contributed by atoms with Crippen LogP contribution in [-0.4, -0.2) is 47.8 Å². The van der Waals surface area contributed by atoms with Crippen LogP contribution in [0.4, 0.5) is 8.78 Å². The lowest BCUT2D eigenvalue weighted by Crippen LogP contribution is -2.52. The molecule has 0 spiro atoms. The fraction of sp³-hybridized carbons (Fsp3) is 0.231. The summed E-state index contributed by atoms with van der Waals surface area (Å²) >= 11 is 0. The summed E-state index contributed by atoms with van der Waals surface area (Å²) in [5.41, 5.74) is 1.31. The number of amides is 2. The summed E-state index contributed by atoms with van der Waals surface area (Å²) in [4.78, 5) is 29.4. The van der Waals surface area contributed by atoms with Crippen LogP contribution in [0.3, 0.4) is 0 Å². The Morgan fingerprint density at radius 3 is 1.97 bits per heavy atom. The normalized spacial score (nSPS) is 15.2. The summed E-state index contributed by atoms with van der Waals surface area (Å²) < 4.78 is 28.1. The molecule has 4 rings (SSSR count). The van der Waals surface area contributed by atoms with E-state index in [4.69, 9.17) is 0 Å². The second-order valence-electron chi connectivity index (χ2n) is 7.94. The second-order valence-corrected chi connectivity index (χ2v) is 7.94. The van der Waals surface area contributed by atoms with E-state index in [9.17, 15) is 18.4 Å². The van der Waals surface area contributed by atoms with Gasteiger partial charge in [0.05, 0.1) is 0 Å². The van der Waals surface area contributed by atoms with Crippen molar-refractivity contribution in [2.24, 2.45) is 0 Å². The highest BCUT2D eigenvalue weighted by Crippen LogP contribution is 2.24. The average Bonchev–Trinajstić information content (AvgIpc) is 2.84. The lowest BCUT2D eigenvalue weighted by atomic mass is 10.0. The Kier molecular flexibility index (Phi) is 7.10. The zero-order valence-electron chi connectivity index (χ0n) is 18.1. The van der Waals surface area contributed by atoms with Crippen molar-refractivity contribution in [3.05, 3.63) is 107 Å². The summed E-state index contributed by atoms with van der Waals surface area (Å²) in [5, 5.41) is 3.01. The van der Waals surface area contributed by atoms with Gasteiger partial charge in [-0.2, -0.15) is 0 Å². The standard InChI is InChI=1S/C26H25F2N3O2/c27-21-12-7-13-22(28)23(21)26(33)31-16-14-30(15-17-31)24(20-10-5-2-6-11-20)25(32)29-18-19-8-3-1-4-9-19/h1-13,24H,14-18H2,(H,29,32)/t24-/m0/s1. The molecule has 1 aliphatic heterocycles. The number of hydrogen-bond donors (Lipinski definition) is 1. The van der Waals surface area contributed by atoms with Crippen LogP contribution < -0.4 is 5.32 Å². The van der Waals surface area contributed by atoms with E-state index in [2.05, 4.69) is 5.32 Å². The fourth-order valence-corrected chi connectivity index (χ4v) is 4.09. The van der Waals surface area contributed by atoms with Crippen molar-refractivity contribution < 1.29 is 18.4 Å². The number of nitrogens with one attached hydrogen (secondary N) is 1. The zero-order chi connectivity index (χ0) is 23.2. The van der Waals surface area contributed by atoms with E-state index < -0.39 is 29.1 Å². The first-order chi connectivity index (χ1) is 16.0. The van der Waals surface area contributed by atoms with Gasteiger partial charge in [0, 0.05) is 32.7 Å². The number of benzene rings is 3. The van der Waals surface area contributed by atoms with Crippen LogP contribution in [0.1, 0.15) is 27.5 Å². The molecular weight excluding hydrogens is 424 g/mol. The van der Waals surface area contributed by atoms with E-state index in [1.807, 2.05) is 65.6 Å². The van der Waals surface area contributed by atoms with E-state index in [-0.39, 0.29) is 19.0 Å². The van der Waals surface area contributed by atoms with Gasteiger partial charge in [-0.1, -0.05) is 66.7 Å². The van der Waals surface area contributed by atoms with Crippen LogP contribution in [0.5, 0.6) is 0 Å². The van der Waals surface area contributed by atoms with E-state index in [1.165, 1.54) is 11.0 Å². The number of halogens is 2. The summed E-state index contributed by atoms with van der Waals surface area (Å²) in [6.07, 6.45) is 0. The van der Waals surface area contributed by atoms with Crippen LogP contribution in [0, 0.1) is 11.6 Å². The third-order valence-corrected chi connectivity index (χ3v) is 5.82. The summed E-state index contributed by atoms with van der Waals surface area (Å²) in [7, 11) is 0. The van der Waals surface area contributed by atoms with Crippen molar-refractivity contribution in [2.45, 2.75) is 12.6 Å². The summed E-state index contributed by atoms with van der Waals surface area (Å²) in [6, 6.07) is 22.0. The number of carbonyl (C=O) groups is 2. The molecular formula is C26H25F2N3O2. The molecule has 3 aromatic carbocycles. The molecule has 33 heavy (non-hydrogen) atoms. The molecule has 3 aromatic rings. The van der Waals surface area contributed by atoms with Crippen molar-refractivity contribution in [1.29, 1.82) is 0 Å². The number of carbonyl (C=O) groups excluding carboxylic acids is 2. The van der Waals surface area contributed by atoms with Gasteiger partial charge in [-0.3, -0.25) is 14.5 Å². The van der Waals surface area contributed by atoms with Crippen molar-refractivity contribution in [1.82, 2.24) is 15.1 Å². The summed E-state index contributed by atoms with van der Waals surface area (Å²) in [6.45, 7) is 1.75. The van der Waals surface area contributed by atoms with Crippen molar-refractivity contribution >= 4 is 11.8 Å². The van der Waals surface area contributed by atoms with Crippen LogP contribution in [0.15, 0.2) is 78.9 Å². The molecule has 0 saturated carbocycles. The monoisotopic (exact) mass is 449 g/mol.